The average Bonchev–Trinajstić information content (AvgIpc) is 3.34. The van der Waals surface area contributed by atoms with Gasteiger partial charge in [0.15, 0.2) is 11.8 Å². The van der Waals surface area contributed by atoms with Crippen LogP contribution in [0.4, 0.5) is 0 Å². The predicted octanol–water partition coefficient (Wildman–Crippen LogP) is 4.35. The highest BCUT2D eigenvalue weighted by Crippen LogP contribution is 2.35. The molecule has 4 rings (SSSR count). The largest absolute Gasteiger partial charge is 0.478 e. The first-order chi connectivity index (χ1) is 12.1. The molecule has 2 aliphatic rings. The Morgan fingerprint density at radius 2 is 1.12 bits per heavy atom. The van der Waals surface area contributed by atoms with Crippen molar-refractivity contribution in [2.75, 3.05) is 13.2 Å². The Morgan fingerprint density at radius 3 is 1.52 bits per heavy atom. The molecule has 4 nitrogen and oxygen atoms in total. The number of aliphatic imine (C=N–C) groups is 2. The highest BCUT2D eigenvalue weighted by atomic mass is 16.5. The zero-order valence-electron chi connectivity index (χ0n) is 14.6. The second-order valence-corrected chi connectivity index (χ2v) is 6.97. The first-order valence-electron chi connectivity index (χ1n) is 8.66. The van der Waals surface area contributed by atoms with E-state index in [0.29, 0.717) is 25.0 Å². The van der Waals surface area contributed by atoms with Crippen molar-refractivity contribution < 1.29 is 9.47 Å². The van der Waals surface area contributed by atoms with E-state index >= 15 is 0 Å². The highest BCUT2D eigenvalue weighted by molar-refractivity contribution is 6.05. The van der Waals surface area contributed by atoms with Gasteiger partial charge in [0.1, 0.15) is 30.7 Å². The van der Waals surface area contributed by atoms with Crippen molar-refractivity contribution in [2.24, 2.45) is 15.4 Å². The van der Waals surface area contributed by atoms with Crippen LogP contribution in [0.5, 0.6) is 0 Å². The zero-order chi connectivity index (χ0) is 17.3. The second-order valence-electron chi connectivity index (χ2n) is 6.97. The van der Waals surface area contributed by atoms with Crippen LogP contribution >= 0.6 is 0 Å². The molecule has 0 radical (unpaired) electrons. The molecule has 128 valence electrons. The van der Waals surface area contributed by atoms with Crippen molar-refractivity contribution in [1.82, 2.24) is 0 Å². The van der Waals surface area contributed by atoms with E-state index in [9.17, 15) is 0 Å². The van der Waals surface area contributed by atoms with Crippen LogP contribution in [0, 0.1) is 5.41 Å². The summed E-state index contributed by atoms with van der Waals surface area (Å²) in [5.74, 6) is 1.41. The molecule has 0 fully saturated rings. The lowest BCUT2D eigenvalue weighted by Crippen LogP contribution is -2.34. The van der Waals surface area contributed by atoms with Crippen molar-refractivity contribution >= 4 is 11.8 Å². The predicted molar refractivity (Wildman–Crippen MR) is 98.9 cm³/mol. The minimum atomic E-state index is -0.465. The highest BCUT2D eigenvalue weighted by Gasteiger charge is 2.41. The average molecular weight is 334 g/mol. The van der Waals surface area contributed by atoms with Gasteiger partial charge in [-0.15, -0.1) is 0 Å². The molecule has 0 saturated heterocycles. The van der Waals surface area contributed by atoms with Crippen molar-refractivity contribution in [3.05, 3.63) is 71.8 Å². The molecule has 2 heterocycles. The third kappa shape index (κ3) is 3.04. The number of ether oxygens (including phenoxy) is 2. The summed E-state index contributed by atoms with van der Waals surface area (Å²) < 4.78 is 11.9. The molecule has 2 atom stereocenters. The molecule has 2 aromatic carbocycles. The number of benzene rings is 2. The molecule has 2 aliphatic heterocycles. The van der Waals surface area contributed by atoms with Crippen LogP contribution in [0.15, 0.2) is 70.6 Å². The molecule has 0 bridgehead atoms. The molecular weight excluding hydrogens is 312 g/mol. The van der Waals surface area contributed by atoms with E-state index in [4.69, 9.17) is 19.5 Å². The van der Waals surface area contributed by atoms with Crippen LogP contribution in [0.3, 0.4) is 0 Å². The van der Waals surface area contributed by atoms with Crippen LogP contribution in [-0.2, 0) is 9.47 Å². The number of hydrogen-bond donors (Lipinski definition) is 0. The maximum Gasteiger partial charge on any atom is 0.199 e. The van der Waals surface area contributed by atoms with E-state index in [2.05, 4.69) is 38.1 Å². The van der Waals surface area contributed by atoms with Gasteiger partial charge >= 0.3 is 0 Å². The van der Waals surface area contributed by atoms with Crippen molar-refractivity contribution in [3.63, 3.8) is 0 Å². The monoisotopic (exact) mass is 334 g/mol. The van der Waals surface area contributed by atoms with Gasteiger partial charge in [-0.25, -0.2) is 9.98 Å². The minimum absolute atomic E-state index is 0.0439. The molecule has 4 heteroatoms. The molecular formula is C21H22N2O2. The van der Waals surface area contributed by atoms with Crippen LogP contribution in [0.1, 0.15) is 37.1 Å². The van der Waals surface area contributed by atoms with Gasteiger partial charge in [-0.2, -0.15) is 0 Å². The van der Waals surface area contributed by atoms with Crippen molar-refractivity contribution in [1.29, 1.82) is 0 Å². The fourth-order valence-electron chi connectivity index (χ4n) is 3.21. The van der Waals surface area contributed by atoms with Gasteiger partial charge in [0.2, 0.25) is 0 Å². The Balaban J connectivity index is 1.56. The Bertz CT molecular complexity index is 730. The lowest BCUT2D eigenvalue weighted by Gasteiger charge is -2.22. The summed E-state index contributed by atoms with van der Waals surface area (Å²) in [4.78, 5) is 9.61. The summed E-state index contributed by atoms with van der Waals surface area (Å²) in [6, 6.07) is 20.6. The summed E-state index contributed by atoms with van der Waals surface area (Å²) in [6.45, 7) is 5.26. The zero-order valence-corrected chi connectivity index (χ0v) is 14.6. The summed E-state index contributed by atoms with van der Waals surface area (Å²) in [6.07, 6.45) is 0. The van der Waals surface area contributed by atoms with Gasteiger partial charge in [0.05, 0.1) is 0 Å². The molecule has 25 heavy (non-hydrogen) atoms. The van der Waals surface area contributed by atoms with Crippen LogP contribution in [-0.4, -0.2) is 25.0 Å². The number of hydrogen-bond acceptors (Lipinski definition) is 4. The lowest BCUT2D eigenvalue weighted by atomic mass is 9.93. The van der Waals surface area contributed by atoms with Gasteiger partial charge in [0.25, 0.3) is 0 Å². The second kappa shape index (κ2) is 6.36. The molecule has 0 spiro atoms. The number of nitrogens with zero attached hydrogens (tertiary/aromatic N) is 2. The first kappa shape index (κ1) is 15.9. The summed E-state index contributed by atoms with van der Waals surface area (Å²) >= 11 is 0. The maximum absolute atomic E-state index is 5.93. The van der Waals surface area contributed by atoms with Gasteiger partial charge in [-0.1, -0.05) is 60.7 Å². The van der Waals surface area contributed by atoms with Gasteiger partial charge < -0.3 is 9.47 Å². The van der Waals surface area contributed by atoms with Crippen molar-refractivity contribution in [3.8, 4) is 0 Å². The first-order valence-corrected chi connectivity index (χ1v) is 8.66. The van der Waals surface area contributed by atoms with Crippen LogP contribution < -0.4 is 0 Å². The quantitative estimate of drug-likeness (QED) is 0.834. The topological polar surface area (TPSA) is 43.2 Å². The van der Waals surface area contributed by atoms with Crippen LogP contribution in [0.2, 0.25) is 0 Å². The Labute approximate surface area is 148 Å². The molecule has 2 aromatic rings. The van der Waals surface area contributed by atoms with E-state index in [1.165, 1.54) is 11.1 Å². The molecule has 0 saturated carbocycles. The third-order valence-electron chi connectivity index (χ3n) is 4.74. The van der Waals surface area contributed by atoms with E-state index in [-0.39, 0.29) is 12.1 Å². The smallest absolute Gasteiger partial charge is 0.199 e. The van der Waals surface area contributed by atoms with E-state index in [0.717, 1.165) is 0 Å². The molecule has 0 N–H and O–H groups in total. The van der Waals surface area contributed by atoms with E-state index in [1.54, 1.807) is 0 Å². The van der Waals surface area contributed by atoms with Gasteiger partial charge in [0, 0.05) is 0 Å². The molecule has 0 unspecified atom stereocenters. The Hall–Kier alpha value is -2.62. The van der Waals surface area contributed by atoms with Gasteiger partial charge in [-0.3, -0.25) is 0 Å². The minimum Gasteiger partial charge on any atom is -0.478 e. The van der Waals surface area contributed by atoms with E-state index in [1.807, 2.05) is 36.4 Å². The summed E-state index contributed by atoms with van der Waals surface area (Å²) in [5, 5.41) is 0. The fourth-order valence-corrected chi connectivity index (χ4v) is 3.21. The third-order valence-corrected chi connectivity index (χ3v) is 4.74. The number of rotatable bonds is 4. The standard InChI is InChI=1S/C21H22N2O2/c1-21(2,19-22-17(13-24-19)15-9-5-3-6-10-15)20-23-18(14-25-20)16-11-7-4-8-12-16/h3-12,17-18H,13-14H2,1-2H3/t17-,18-/m0/s1. The van der Waals surface area contributed by atoms with Crippen molar-refractivity contribution in [2.45, 2.75) is 25.9 Å². The Morgan fingerprint density at radius 1 is 0.720 bits per heavy atom. The normalized spacial score (nSPS) is 22.8. The van der Waals surface area contributed by atoms with Crippen LogP contribution in [0.25, 0.3) is 0 Å². The molecule has 0 amide bonds. The lowest BCUT2D eigenvalue weighted by molar-refractivity contribution is 0.265. The van der Waals surface area contributed by atoms with E-state index < -0.39 is 5.41 Å². The Kier molecular flexibility index (Phi) is 4.04. The molecule has 0 aliphatic carbocycles. The molecule has 0 aromatic heterocycles. The summed E-state index contributed by atoms with van der Waals surface area (Å²) in [7, 11) is 0. The SMILES string of the molecule is CC(C)(C1=N[C@H](c2ccccc2)CO1)C1=N[C@H](c2ccccc2)CO1. The summed E-state index contributed by atoms with van der Waals surface area (Å²) in [5.41, 5.74) is 1.88. The fraction of sp³-hybridized carbons (Fsp3) is 0.333. The maximum atomic E-state index is 5.93. The van der Waals surface area contributed by atoms with Gasteiger partial charge in [-0.05, 0) is 25.0 Å².